The van der Waals surface area contributed by atoms with Crippen LogP contribution >= 0.6 is 0 Å². The molecule has 4 rings (SSSR count). The molecule has 2 aromatic carbocycles. The van der Waals surface area contributed by atoms with Gasteiger partial charge < -0.3 is 14.3 Å². The molecule has 2 atom stereocenters. The number of fused-ring (bicyclic) bond motifs is 2. The summed E-state index contributed by atoms with van der Waals surface area (Å²) in [6, 6.07) is 4.27. The smallest absolute Gasteiger partial charge is 0.348 e. The van der Waals surface area contributed by atoms with E-state index >= 15 is 0 Å². The molecule has 164 valence electrons. The number of hydrogen-bond donors (Lipinski definition) is 1. The number of carbonyl (C=O) groups excluding carboxylic acids is 1. The Morgan fingerprint density at radius 3 is 1.84 bits per heavy atom. The van der Waals surface area contributed by atoms with Gasteiger partial charge in [-0.3, -0.25) is 0 Å². The van der Waals surface area contributed by atoms with Crippen LogP contribution in [0.5, 0.6) is 0 Å². The fourth-order valence-electron chi connectivity index (χ4n) is 4.53. The number of benzene rings is 2. The third-order valence-corrected chi connectivity index (χ3v) is 6.48. The van der Waals surface area contributed by atoms with Crippen LogP contribution in [0.3, 0.4) is 0 Å². The molecule has 8 heteroatoms. The van der Waals surface area contributed by atoms with E-state index in [2.05, 4.69) is 0 Å². The molecule has 2 aromatic rings. The molecule has 2 unspecified atom stereocenters. The Kier molecular flexibility index (Phi) is 5.18. The highest BCUT2D eigenvalue weighted by atomic mass is 19.1. The zero-order chi connectivity index (χ0) is 22.6. The SMILES string of the molecule is C[N+]1(C)C2C=CC1CC(OC(=O)C(O)(c1cc(F)ccc1F)c1cc(F)ccc1F)C2. The fourth-order valence-corrected chi connectivity index (χ4v) is 4.53. The fraction of sp³-hybridized carbons (Fsp3) is 0.348. The van der Waals surface area contributed by atoms with Gasteiger partial charge in [-0.2, -0.15) is 0 Å². The quantitative estimate of drug-likeness (QED) is 0.345. The third kappa shape index (κ3) is 3.53. The minimum absolute atomic E-state index is 0.0708. The third-order valence-electron chi connectivity index (χ3n) is 6.48. The normalized spacial score (nSPS) is 24.3. The van der Waals surface area contributed by atoms with E-state index in [0.717, 1.165) is 12.1 Å². The lowest BCUT2D eigenvalue weighted by Crippen LogP contribution is -2.57. The standard InChI is InChI=1S/C23H22F4NO3/c1-28(2)15-5-6-16(28)12-17(11-15)31-22(29)23(30,18-9-13(24)3-7-20(18)26)19-10-14(25)4-8-21(19)27/h3-10,15-17,30H,11-12H2,1-2H3/q+1. The van der Waals surface area contributed by atoms with E-state index in [4.69, 9.17) is 4.74 Å². The highest BCUT2D eigenvalue weighted by Gasteiger charge is 2.51. The molecule has 2 aliphatic heterocycles. The zero-order valence-electron chi connectivity index (χ0n) is 17.0. The lowest BCUT2D eigenvalue weighted by Gasteiger charge is -2.44. The summed E-state index contributed by atoms with van der Waals surface area (Å²) in [5, 5.41) is 11.3. The summed E-state index contributed by atoms with van der Waals surface area (Å²) < 4.78 is 63.2. The van der Waals surface area contributed by atoms with Crippen LogP contribution in [0.1, 0.15) is 24.0 Å². The Bertz CT molecular complexity index is 999. The second-order valence-corrected chi connectivity index (χ2v) is 8.61. The summed E-state index contributed by atoms with van der Waals surface area (Å²) in [5.74, 6) is -5.63. The van der Waals surface area contributed by atoms with Crippen molar-refractivity contribution in [3.8, 4) is 0 Å². The highest BCUT2D eigenvalue weighted by Crippen LogP contribution is 2.39. The number of halogens is 4. The van der Waals surface area contributed by atoms with Gasteiger partial charge in [0.1, 0.15) is 41.5 Å². The van der Waals surface area contributed by atoms with Crippen LogP contribution in [0.15, 0.2) is 48.6 Å². The van der Waals surface area contributed by atoms with E-state index in [0.29, 0.717) is 41.6 Å². The van der Waals surface area contributed by atoms with Gasteiger partial charge in [0.25, 0.3) is 0 Å². The predicted molar refractivity (Wildman–Crippen MR) is 104 cm³/mol. The molecule has 1 fully saturated rings. The molecule has 2 aliphatic rings. The summed E-state index contributed by atoms with van der Waals surface area (Å²) in [6.45, 7) is 0. The maximum Gasteiger partial charge on any atom is 0.348 e. The van der Waals surface area contributed by atoms with Crippen LogP contribution in [0.4, 0.5) is 17.6 Å². The van der Waals surface area contributed by atoms with Crippen molar-refractivity contribution in [2.45, 2.75) is 36.6 Å². The first-order valence-corrected chi connectivity index (χ1v) is 9.89. The lowest BCUT2D eigenvalue weighted by molar-refractivity contribution is -0.926. The van der Waals surface area contributed by atoms with Gasteiger partial charge in [-0.05, 0) is 48.6 Å². The number of aliphatic hydroxyl groups is 1. The molecule has 1 saturated heterocycles. The van der Waals surface area contributed by atoms with Crippen molar-refractivity contribution < 1.29 is 36.7 Å². The Balaban J connectivity index is 1.74. The molecule has 4 nitrogen and oxygen atoms in total. The van der Waals surface area contributed by atoms with Gasteiger partial charge in [-0.15, -0.1) is 0 Å². The monoisotopic (exact) mass is 436 g/mol. The van der Waals surface area contributed by atoms with Crippen molar-refractivity contribution in [1.82, 2.24) is 0 Å². The highest BCUT2D eigenvalue weighted by molar-refractivity contribution is 5.85. The maximum absolute atomic E-state index is 14.6. The van der Waals surface area contributed by atoms with Gasteiger partial charge in [0.15, 0.2) is 0 Å². The summed E-state index contributed by atoms with van der Waals surface area (Å²) in [5.41, 5.74) is -4.78. The molecule has 0 saturated carbocycles. The van der Waals surface area contributed by atoms with Gasteiger partial charge in [0.05, 0.1) is 14.1 Å². The molecule has 0 aliphatic carbocycles. The lowest BCUT2D eigenvalue weighted by atomic mass is 9.85. The van der Waals surface area contributed by atoms with E-state index in [-0.39, 0.29) is 12.1 Å². The van der Waals surface area contributed by atoms with Gasteiger partial charge in [-0.25, -0.2) is 22.4 Å². The molecule has 0 spiro atoms. The first-order chi connectivity index (χ1) is 14.5. The van der Waals surface area contributed by atoms with Gasteiger partial charge in [-0.1, -0.05) is 0 Å². The van der Waals surface area contributed by atoms with E-state index in [9.17, 15) is 27.5 Å². The number of likely N-dealkylation sites (N-methyl/N-ethyl adjacent to an activating group) is 1. The molecule has 0 amide bonds. The number of quaternary nitrogens is 1. The topological polar surface area (TPSA) is 46.5 Å². The Morgan fingerprint density at radius 1 is 0.935 bits per heavy atom. The van der Waals surface area contributed by atoms with Gasteiger partial charge in [0, 0.05) is 24.0 Å². The van der Waals surface area contributed by atoms with E-state index in [1.807, 2.05) is 26.2 Å². The van der Waals surface area contributed by atoms with Crippen LogP contribution in [-0.2, 0) is 15.1 Å². The summed E-state index contributed by atoms with van der Waals surface area (Å²) >= 11 is 0. The number of ether oxygens (including phenoxy) is 1. The van der Waals surface area contributed by atoms with Gasteiger partial charge in [0.2, 0.25) is 5.60 Å². The maximum atomic E-state index is 14.6. The Hall–Kier alpha value is -2.71. The van der Waals surface area contributed by atoms with Crippen molar-refractivity contribution in [3.05, 3.63) is 82.9 Å². The van der Waals surface area contributed by atoms with Crippen LogP contribution in [-0.4, -0.2) is 47.8 Å². The minimum Gasteiger partial charge on any atom is -0.459 e. The molecular weight excluding hydrogens is 414 g/mol. The van der Waals surface area contributed by atoms with Gasteiger partial charge >= 0.3 is 5.97 Å². The number of carbonyl (C=O) groups is 1. The summed E-state index contributed by atoms with van der Waals surface area (Å²) in [4.78, 5) is 13.2. The Labute approximate surface area is 177 Å². The summed E-state index contributed by atoms with van der Waals surface area (Å²) in [7, 11) is 4.10. The minimum atomic E-state index is -3.08. The number of nitrogens with zero attached hydrogens (tertiary/aromatic N) is 1. The van der Waals surface area contributed by atoms with Crippen molar-refractivity contribution >= 4 is 5.97 Å². The second kappa shape index (κ2) is 7.46. The molecule has 2 heterocycles. The predicted octanol–water partition coefficient (Wildman–Crippen LogP) is 3.57. The Morgan fingerprint density at radius 2 is 1.39 bits per heavy atom. The molecule has 1 N–H and O–H groups in total. The number of piperidine rings is 1. The van der Waals surface area contributed by atoms with Crippen molar-refractivity contribution in [2.75, 3.05) is 14.1 Å². The number of hydrogen-bond acceptors (Lipinski definition) is 3. The van der Waals surface area contributed by atoms with Crippen molar-refractivity contribution in [3.63, 3.8) is 0 Å². The number of rotatable bonds is 4. The zero-order valence-corrected chi connectivity index (χ0v) is 17.0. The first kappa shape index (κ1) is 21.5. The average Bonchev–Trinajstić information content (AvgIpc) is 2.87. The molecule has 2 bridgehead atoms. The van der Waals surface area contributed by atoms with Crippen LogP contribution in [0.2, 0.25) is 0 Å². The average molecular weight is 436 g/mol. The first-order valence-electron chi connectivity index (χ1n) is 9.89. The molecule has 0 aromatic heterocycles. The molecule has 0 radical (unpaired) electrons. The molecular formula is C23H22F4NO3+. The van der Waals surface area contributed by atoms with Crippen LogP contribution in [0, 0.1) is 23.3 Å². The second-order valence-electron chi connectivity index (χ2n) is 8.61. The largest absolute Gasteiger partial charge is 0.459 e. The van der Waals surface area contributed by atoms with Crippen molar-refractivity contribution in [2.24, 2.45) is 0 Å². The van der Waals surface area contributed by atoms with E-state index in [1.54, 1.807) is 0 Å². The molecule has 31 heavy (non-hydrogen) atoms. The van der Waals surface area contributed by atoms with E-state index < -0.39 is 52.1 Å². The van der Waals surface area contributed by atoms with Crippen molar-refractivity contribution in [1.29, 1.82) is 0 Å². The summed E-state index contributed by atoms with van der Waals surface area (Å²) in [6.07, 6.45) is 4.31. The van der Waals surface area contributed by atoms with Crippen LogP contribution in [0.25, 0.3) is 0 Å². The van der Waals surface area contributed by atoms with Crippen LogP contribution < -0.4 is 0 Å². The van der Waals surface area contributed by atoms with E-state index in [1.165, 1.54) is 0 Å². The number of esters is 1.